The van der Waals surface area contributed by atoms with E-state index in [1.165, 1.54) is 18.7 Å². The van der Waals surface area contributed by atoms with Gasteiger partial charge in [0.15, 0.2) is 0 Å². The van der Waals surface area contributed by atoms with Crippen molar-refractivity contribution in [2.75, 3.05) is 5.75 Å². The number of carbonyl (C=O) groups excluding carboxylic acids is 2. The highest BCUT2D eigenvalue weighted by atomic mass is 32.2. The van der Waals surface area contributed by atoms with Crippen LogP contribution in [0, 0.1) is 0 Å². The lowest BCUT2D eigenvalue weighted by Gasteiger charge is -2.28. The molecule has 1 rings (SSSR count). The maximum atomic E-state index is 11.0. The first-order valence-electron chi connectivity index (χ1n) is 10.6. The van der Waals surface area contributed by atoms with Crippen LogP contribution in [0.3, 0.4) is 0 Å². The minimum Gasteiger partial charge on any atom is -0.507 e. The van der Waals surface area contributed by atoms with Crippen LogP contribution in [0.5, 0.6) is 5.75 Å². The molecule has 1 aromatic carbocycles. The van der Waals surface area contributed by atoms with E-state index in [1.54, 1.807) is 5.48 Å². The Bertz CT molecular complexity index is 648. The van der Waals surface area contributed by atoms with Crippen LogP contribution in [-0.4, -0.2) is 27.8 Å². The first kappa shape index (κ1) is 28.5. The topological polar surface area (TPSA) is 86.6 Å². The third kappa shape index (κ3) is 11.6. The van der Waals surface area contributed by atoms with Crippen LogP contribution >= 0.6 is 11.8 Å². The molecule has 0 heterocycles. The zero-order valence-corrected chi connectivity index (χ0v) is 20.8. The number of benzene rings is 1. The van der Waals surface area contributed by atoms with Gasteiger partial charge in [0.2, 0.25) is 5.91 Å². The molecule has 6 heteroatoms. The van der Waals surface area contributed by atoms with Gasteiger partial charge >= 0.3 is 0 Å². The number of nitrogens with one attached hydrogen (secondary N) is 1. The fourth-order valence-corrected chi connectivity index (χ4v) is 3.81. The first-order chi connectivity index (χ1) is 13.7. The fourth-order valence-electron chi connectivity index (χ4n) is 2.82. The van der Waals surface area contributed by atoms with Crippen molar-refractivity contribution in [2.45, 2.75) is 103 Å². The Balaban J connectivity index is 0.00000192. The number of amides is 1. The maximum Gasteiger partial charge on any atom is 0.243 e. The highest BCUT2D eigenvalue weighted by Gasteiger charge is 2.26. The summed E-state index contributed by atoms with van der Waals surface area (Å²) >= 11 is 1.83. The molecule has 0 saturated heterocycles. The van der Waals surface area contributed by atoms with Gasteiger partial charge in [-0.2, -0.15) is 0 Å². The van der Waals surface area contributed by atoms with Crippen LogP contribution in [0.2, 0.25) is 0 Å². The normalized spacial score (nSPS) is 11.5. The molecule has 0 aromatic heterocycles. The summed E-state index contributed by atoms with van der Waals surface area (Å²) in [5.74, 6) is 1.30. The van der Waals surface area contributed by atoms with Crippen LogP contribution in [0.1, 0.15) is 98.6 Å². The molecule has 3 N–H and O–H groups in total. The number of hydroxylamine groups is 1. The number of phenolic OH excluding ortho intramolecular Hbond substituents is 1. The van der Waals surface area contributed by atoms with Crippen molar-refractivity contribution in [3.63, 3.8) is 0 Å². The molecule has 0 aliphatic carbocycles. The average Bonchev–Trinajstić information content (AvgIpc) is 2.59. The van der Waals surface area contributed by atoms with Gasteiger partial charge < -0.3 is 9.90 Å². The SMILES string of the molecule is CC(C)(C)c1cc(SCCCCCCC(=O)NO)cc(C(C)(C)C)c1O.CC(C)=O. The van der Waals surface area contributed by atoms with Crippen LogP contribution in [0.15, 0.2) is 17.0 Å². The Morgan fingerprint density at radius 1 is 0.900 bits per heavy atom. The van der Waals surface area contributed by atoms with Gasteiger partial charge in [0.05, 0.1) is 0 Å². The van der Waals surface area contributed by atoms with Gasteiger partial charge in [-0.1, -0.05) is 54.4 Å². The van der Waals surface area contributed by atoms with Gasteiger partial charge in [-0.3, -0.25) is 10.0 Å². The van der Waals surface area contributed by atoms with Crippen LogP contribution in [0.25, 0.3) is 0 Å². The first-order valence-corrected chi connectivity index (χ1v) is 11.6. The molecule has 30 heavy (non-hydrogen) atoms. The van der Waals surface area contributed by atoms with Crippen molar-refractivity contribution in [3.8, 4) is 5.75 Å². The molecule has 1 aromatic rings. The van der Waals surface area contributed by atoms with E-state index in [2.05, 4.69) is 53.7 Å². The predicted molar refractivity (Wildman–Crippen MR) is 126 cm³/mol. The van der Waals surface area contributed by atoms with Crippen molar-refractivity contribution < 1.29 is 19.9 Å². The average molecular weight is 440 g/mol. The summed E-state index contributed by atoms with van der Waals surface area (Å²) in [4.78, 5) is 21.6. The highest BCUT2D eigenvalue weighted by molar-refractivity contribution is 7.99. The second-order valence-corrected chi connectivity index (χ2v) is 11.0. The van der Waals surface area contributed by atoms with E-state index < -0.39 is 0 Å². The number of unbranched alkanes of at least 4 members (excludes halogenated alkanes) is 3. The lowest BCUT2D eigenvalue weighted by atomic mass is 9.79. The van der Waals surface area contributed by atoms with Crippen molar-refractivity contribution in [3.05, 3.63) is 23.3 Å². The van der Waals surface area contributed by atoms with Crippen molar-refractivity contribution in [1.82, 2.24) is 5.48 Å². The van der Waals surface area contributed by atoms with Crippen LogP contribution in [0.4, 0.5) is 0 Å². The van der Waals surface area contributed by atoms with Crippen molar-refractivity contribution in [2.24, 2.45) is 0 Å². The summed E-state index contributed by atoms with van der Waals surface area (Å²) in [6.45, 7) is 15.8. The molecule has 0 aliphatic rings. The molecule has 0 unspecified atom stereocenters. The summed E-state index contributed by atoms with van der Waals surface area (Å²) in [5.41, 5.74) is 3.46. The van der Waals surface area contributed by atoms with Gasteiger partial charge in [-0.05, 0) is 55.4 Å². The summed E-state index contributed by atoms with van der Waals surface area (Å²) in [7, 11) is 0. The van der Waals surface area contributed by atoms with Crippen LogP contribution < -0.4 is 5.48 Å². The smallest absolute Gasteiger partial charge is 0.243 e. The Labute approximate surface area is 187 Å². The van der Waals surface area contributed by atoms with Gasteiger partial charge in [-0.15, -0.1) is 11.8 Å². The van der Waals surface area contributed by atoms with Crippen LogP contribution in [-0.2, 0) is 20.4 Å². The number of ketones is 1. The molecule has 1 amide bonds. The third-order valence-electron chi connectivity index (χ3n) is 4.39. The van der Waals surface area contributed by atoms with E-state index in [4.69, 9.17) is 5.21 Å². The number of aromatic hydroxyl groups is 1. The lowest BCUT2D eigenvalue weighted by Crippen LogP contribution is -2.17. The number of phenols is 1. The lowest BCUT2D eigenvalue weighted by molar-refractivity contribution is -0.129. The number of rotatable bonds is 8. The summed E-state index contributed by atoms with van der Waals surface area (Å²) in [6.07, 6.45) is 4.33. The van der Waals surface area contributed by atoms with Gasteiger partial charge in [-0.25, -0.2) is 5.48 Å². The Morgan fingerprint density at radius 3 is 1.73 bits per heavy atom. The van der Waals surface area contributed by atoms with E-state index in [-0.39, 0.29) is 22.5 Å². The van der Waals surface area contributed by atoms with E-state index in [9.17, 15) is 14.7 Å². The Hall–Kier alpha value is -1.53. The van der Waals surface area contributed by atoms with E-state index in [1.807, 2.05) is 11.8 Å². The molecule has 0 atom stereocenters. The monoisotopic (exact) mass is 439 g/mol. The summed E-state index contributed by atoms with van der Waals surface area (Å²) in [5, 5.41) is 19.2. The summed E-state index contributed by atoms with van der Waals surface area (Å²) in [6, 6.07) is 4.25. The fraction of sp³-hybridized carbons (Fsp3) is 0.667. The molecule has 0 saturated carbocycles. The zero-order chi connectivity index (χ0) is 23.5. The number of carbonyl (C=O) groups is 2. The van der Waals surface area contributed by atoms with Gasteiger partial charge in [0.25, 0.3) is 0 Å². The molecule has 0 bridgehead atoms. The minimum absolute atomic E-state index is 0.103. The molecule has 0 spiro atoms. The molecule has 5 nitrogen and oxygen atoms in total. The quantitative estimate of drug-likeness (QED) is 0.196. The van der Waals surface area contributed by atoms with E-state index >= 15 is 0 Å². The third-order valence-corrected chi connectivity index (χ3v) is 5.45. The Kier molecular flexibility index (Phi) is 12.3. The highest BCUT2D eigenvalue weighted by Crippen LogP contribution is 2.41. The van der Waals surface area contributed by atoms with Crippen molar-refractivity contribution >= 4 is 23.5 Å². The maximum absolute atomic E-state index is 11.0. The summed E-state index contributed by atoms with van der Waals surface area (Å²) < 4.78 is 0. The largest absolute Gasteiger partial charge is 0.507 e. The minimum atomic E-state index is -0.312. The van der Waals surface area contributed by atoms with E-state index in [0.717, 1.165) is 42.6 Å². The number of Topliss-reactive ketones (excluding diaryl/α,β-unsaturated/α-hetero) is 1. The number of hydrogen-bond donors (Lipinski definition) is 3. The Morgan fingerprint density at radius 2 is 1.33 bits per heavy atom. The number of thioether (sulfide) groups is 1. The molecule has 172 valence electrons. The molecule has 0 aliphatic heterocycles. The standard InChI is InChI=1S/C21H35NO3S.C3H6O/c1-20(2,3)16-13-15(14-17(19(16)24)21(4,5)6)26-12-10-8-7-9-11-18(23)22-25;1-3(2)4/h13-14,24-25H,7-12H2,1-6H3,(H,22,23);1-2H3. The predicted octanol–water partition coefficient (Wildman–Crippen LogP) is 6.13. The molecular weight excluding hydrogens is 398 g/mol. The number of hydrogen-bond acceptors (Lipinski definition) is 5. The van der Waals surface area contributed by atoms with Gasteiger partial charge in [0.1, 0.15) is 11.5 Å². The molecule has 0 radical (unpaired) electrons. The second-order valence-electron chi connectivity index (χ2n) is 9.82. The zero-order valence-electron chi connectivity index (χ0n) is 20.0. The second kappa shape index (κ2) is 13.0. The van der Waals surface area contributed by atoms with E-state index in [0.29, 0.717) is 12.2 Å². The molecular formula is C24H41NO4S. The van der Waals surface area contributed by atoms with Gasteiger partial charge in [0, 0.05) is 22.4 Å². The molecule has 0 fully saturated rings. The van der Waals surface area contributed by atoms with Crippen molar-refractivity contribution in [1.29, 1.82) is 0 Å².